The zero-order chi connectivity index (χ0) is 12.3. The first kappa shape index (κ1) is 11.6. The van der Waals surface area contributed by atoms with Crippen LogP contribution in [0.25, 0.3) is 0 Å². The molecular weight excluding hydrogens is 222 g/mol. The number of nitrogens with zero attached hydrogens (tertiary/aromatic N) is 3. The smallest absolute Gasteiger partial charge is 0.274 e. The molecule has 0 aliphatic heterocycles. The molecule has 0 bridgehead atoms. The van der Waals surface area contributed by atoms with Gasteiger partial charge in [-0.1, -0.05) is 19.3 Å². The van der Waals surface area contributed by atoms with Gasteiger partial charge in [0.15, 0.2) is 5.49 Å². The van der Waals surface area contributed by atoms with E-state index in [0.717, 1.165) is 30.4 Å². The molecule has 6 nitrogen and oxygen atoms in total. The third kappa shape index (κ3) is 2.83. The highest BCUT2D eigenvalue weighted by Gasteiger charge is 2.13. The Balaban J connectivity index is 2.32. The molecule has 1 aliphatic rings. The third-order valence-electron chi connectivity index (χ3n) is 3.00. The van der Waals surface area contributed by atoms with Crippen molar-refractivity contribution in [2.45, 2.75) is 38.1 Å². The molecule has 1 N–H and O–H groups in total. The van der Waals surface area contributed by atoms with E-state index in [0.29, 0.717) is 0 Å². The van der Waals surface area contributed by atoms with Crippen molar-refractivity contribution in [3.63, 3.8) is 0 Å². The van der Waals surface area contributed by atoms with Crippen LogP contribution in [0.1, 0.15) is 32.1 Å². The van der Waals surface area contributed by atoms with E-state index in [9.17, 15) is 15.3 Å². The van der Waals surface area contributed by atoms with Crippen LogP contribution >= 0.6 is 0 Å². The summed E-state index contributed by atoms with van der Waals surface area (Å²) in [6, 6.07) is 2.72. The van der Waals surface area contributed by atoms with E-state index in [1.165, 1.54) is 24.8 Å². The maximum Gasteiger partial charge on any atom is 0.274 e. The Hall–Kier alpha value is -1.85. The van der Waals surface area contributed by atoms with Crippen molar-refractivity contribution < 1.29 is 10.1 Å². The van der Waals surface area contributed by atoms with Gasteiger partial charge in [-0.3, -0.25) is 15.1 Å². The van der Waals surface area contributed by atoms with E-state index < -0.39 is 4.92 Å². The quantitative estimate of drug-likeness (QED) is 0.484. The average Bonchev–Trinajstić information content (AvgIpc) is 2.33. The lowest BCUT2D eigenvalue weighted by Gasteiger charge is -2.17. The van der Waals surface area contributed by atoms with Gasteiger partial charge in [0.25, 0.3) is 5.69 Å². The summed E-state index contributed by atoms with van der Waals surface area (Å²) in [5, 5.41) is 20.2. The fourth-order valence-electron chi connectivity index (χ4n) is 2.08. The molecule has 6 heteroatoms. The number of nitro groups is 1. The Morgan fingerprint density at radius 1 is 1.41 bits per heavy atom. The van der Waals surface area contributed by atoms with Crippen LogP contribution < -0.4 is 5.49 Å². The normalized spacial score (nSPS) is 18.2. The summed E-state index contributed by atoms with van der Waals surface area (Å²) in [4.78, 5) is 14.5. The van der Waals surface area contributed by atoms with Gasteiger partial charge in [0, 0.05) is 6.07 Å². The maximum atomic E-state index is 10.6. The minimum Gasteiger partial charge on any atom is -0.427 e. The lowest BCUT2D eigenvalue weighted by Crippen LogP contribution is -2.23. The summed E-state index contributed by atoms with van der Waals surface area (Å²) in [7, 11) is 0. The van der Waals surface area contributed by atoms with Crippen LogP contribution in [0, 0.1) is 10.1 Å². The predicted molar refractivity (Wildman–Crippen MR) is 60.7 cm³/mol. The highest BCUT2D eigenvalue weighted by atomic mass is 16.6. The summed E-state index contributed by atoms with van der Waals surface area (Å²) >= 11 is 0. The van der Waals surface area contributed by atoms with Crippen molar-refractivity contribution in [1.82, 2.24) is 4.73 Å². The van der Waals surface area contributed by atoms with E-state index in [1.807, 2.05) is 0 Å². The largest absolute Gasteiger partial charge is 0.427 e. The molecule has 1 aromatic heterocycles. The number of hydrogen-bond acceptors (Lipinski definition) is 4. The predicted octanol–water partition coefficient (Wildman–Crippen LogP) is 1.87. The molecule has 0 unspecified atom stereocenters. The molecule has 17 heavy (non-hydrogen) atoms. The van der Waals surface area contributed by atoms with Gasteiger partial charge < -0.3 is 5.21 Å². The van der Waals surface area contributed by atoms with Gasteiger partial charge in [-0.15, -0.1) is 0 Å². The topological polar surface area (TPSA) is 80.7 Å². The molecule has 1 aromatic rings. The first-order valence-electron chi connectivity index (χ1n) is 5.77. The van der Waals surface area contributed by atoms with E-state index in [-0.39, 0.29) is 17.2 Å². The fraction of sp³-hybridized carbons (Fsp3) is 0.545. The minimum atomic E-state index is -0.486. The molecule has 1 aliphatic carbocycles. The van der Waals surface area contributed by atoms with Gasteiger partial charge in [0.1, 0.15) is 0 Å². The van der Waals surface area contributed by atoms with Crippen LogP contribution in [0.5, 0.6) is 0 Å². The first-order valence-corrected chi connectivity index (χ1v) is 5.77. The zero-order valence-electron chi connectivity index (χ0n) is 9.45. The number of pyridine rings is 1. The Labute approximate surface area is 98.3 Å². The second kappa shape index (κ2) is 4.99. The van der Waals surface area contributed by atoms with Gasteiger partial charge in [0.05, 0.1) is 23.2 Å². The van der Waals surface area contributed by atoms with Crippen LogP contribution in [-0.2, 0) is 0 Å². The second-order valence-corrected chi connectivity index (χ2v) is 4.27. The fourth-order valence-corrected chi connectivity index (χ4v) is 2.08. The molecule has 0 amide bonds. The van der Waals surface area contributed by atoms with Gasteiger partial charge in [0.2, 0.25) is 0 Å². The Kier molecular flexibility index (Phi) is 3.41. The summed E-state index contributed by atoms with van der Waals surface area (Å²) < 4.78 is 0.835. The third-order valence-corrected chi connectivity index (χ3v) is 3.00. The zero-order valence-corrected chi connectivity index (χ0v) is 9.45. The molecule has 1 fully saturated rings. The molecule has 0 aromatic carbocycles. The maximum absolute atomic E-state index is 10.6. The number of hydrogen-bond donors (Lipinski definition) is 1. The van der Waals surface area contributed by atoms with Crippen LogP contribution in [0.2, 0.25) is 0 Å². The van der Waals surface area contributed by atoms with Crippen LogP contribution in [0.3, 0.4) is 0 Å². The molecule has 0 radical (unpaired) electrons. The molecule has 2 rings (SSSR count). The Bertz CT molecular complexity index is 475. The molecule has 1 saturated carbocycles. The molecule has 1 heterocycles. The average molecular weight is 237 g/mol. The van der Waals surface area contributed by atoms with E-state index >= 15 is 0 Å². The summed E-state index contributed by atoms with van der Waals surface area (Å²) in [5.74, 6) is 0. The lowest BCUT2D eigenvalue weighted by atomic mass is 9.96. The summed E-state index contributed by atoms with van der Waals surface area (Å²) in [5.41, 5.74) is 0.205. The van der Waals surface area contributed by atoms with Crippen LogP contribution in [-0.4, -0.2) is 20.9 Å². The van der Waals surface area contributed by atoms with Crippen molar-refractivity contribution in [3.05, 3.63) is 33.9 Å². The van der Waals surface area contributed by atoms with Crippen molar-refractivity contribution in [3.8, 4) is 0 Å². The summed E-state index contributed by atoms with van der Waals surface area (Å²) in [6.07, 6.45) is 6.72. The van der Waals surface area contributed by atoms with Gasteiger partial charge in [-0.05, 0) is 12.8 Å². The highest BCUT2D eigenvalue weighted by molar-refractivity contribution is 5.25. The van der Waals surface area contributed by atoms with Crippen molar-refractivity contribution >= 4 is 5.69 Å². The summed E-state index contributed by atoms with van der Waals surface area (Å²) in [6.45, 7) is 0. The standard InChI is InChI=1S/C11H15N3O3/c15-13-7-6-10(14(16)17)8-11(13)12-9-4-2-1-3-5-9/h6-9,15H,1-5H2. The molecule has 0 spiro atoms. The molecular formula is C11H15N3O3. The van der Waals surface area contributed by atoms with E-state index in [1.54, 1.807) is 0 Å². The highest BCUT2D eigenvalue weighted by Crippen LogP contribution is 2.19. The monoisotopic (exact) mass is 237 g/mol. The van der Waals surface area contributed by atoms with Crippen molar-refractivity contribution in [1.29, 1.82) is 0 Å². The van der Waals surface area contributed by atoms with Crippen molar-refractivity contribution in [2.75, 3.05) is 0 Å². The molecule has 0 atom stereocenters. The van der Waals surface area contributed by atoms with Crippen LogP contribution in [0.15, 0.2) is 23.3 Å². The Morgan fingerprint density at radius 3 is 2.76 bits per heavy atom. The van der Waals surface area contributed by atoms with Gasteiger partial charge in [-0.25, -0.2) is 0 Å². The second-order valence-electron chi connectivity index (χ2n) is 4.27. The van der Waals surface area contributed by atoms with Crippen LogP contribution in [0.4, 0.5) is 5.69 Å². The minimum absolute atomic E-state index is 0.0511. The van der Waals surface area contributed by atoms with Crippen molar-refractivity contribution in [2.24, 2.45) is 4.99 Å². The Morgan fingerprint density at radius 2 is 2.12 bits per heavy atom. The van der Waals surface area contributed by atoms with Gasteiger partial charge >= 0.3 is 0 Å². The first-order chi connectivity index (χ1) is 8.16. The molecule has 0 saturated heterocycles. The SMILES string of the molecule is O=[N+]([O-])c1ccn(O)c(=NC2CCCCC2)c1. The number of aromatic nitrogens is 1. The molecule has 92 valence electrons. The lowest BCUT2D eigenvalue weighted by molar-refractivity contribution is -0.385. The number of rotatable bonds is 2. The van der Waals surface area contributed by atoms with E-state index in [2.05, 4.69) is 4.99 Å². The van der Waals surface area contributed by atoms with E-state index in [4.69, 9.17) is 0 Å². The van der Waals surface area contributed by atoms with Gasteiger partial charge in [-0.2, -0.15) is 4.73 Å².